The Bertz CT molecular complexity index is 1080. The summed E-state index contributed by atoms with van der Waals surface area (Å²) in [5.74, 6) is 0.382. The predicted octanol–water partition coefficient (Wildman–Crippen LogP) is 3.78. The molecule has 0 aliphatic heterocycles. The number of nitrogens with zero attached hydrogens (tertiary/aromatic N) is 4. The molecule has 0 aliphatic rings. The van der Waals surface area contributed by atoms with E-state index in [0.717, 1.165) is 21.3 Å². The Hall–Kier alpha value is -2.78. The molecule has 2 heterocycles. The van der Waals surface area contributed by atoms with Crippen LogP contribution in [0.25, 0.3) is 22.2 Å². The molecular formula is C17H13N5O2S2. The minimum atomic E-state index is -0.198. The lowest BCUT2D eigenvalue weighted by Gasteiger charge is -1.99. The summed E-state index contributed by atoms with van der Waals surface area (Å²) in [6.07, 6.45) is 0. The van der Waals surface area contributed by atoms with Crippen LogP contribution >= 0.6 is 23.1 Å². The summed E-state index contributed by atoms with van der Waals surface area (Å²) < 4.78 is 5.66. The third-order valence-electron chi connectivity index (χ3n) is 3.50. The average Bonchev–Trinajstić information content (AvgIpc) is 3.28. The van der Waals surface area contributed by atoms with Crippen LogP contribution < -0.4 is 5.32 Å². The van der Waals surface area contributed by atoms with Gasteiger partial charge in [0.2, 0.25) is 16.9 Å². The van der Waals surface area contributed by atoms with Crippen molar-refractivity contribution in [2.45, 2.75) is 12.1 Å². The van der Waals surface area contributed by atoms with Crippen molar-refractivity contribution in [3.63, 3.8) is 0 Å². The summed E-state index contributed by atoms with van der Waals surface area (Å²) in [6.45, 7) is 1.83. The highest BCUT2D eigenvalue weighted by Gasteiger charge is 2.13. The van der Waals surface area contributed by atoms with Crippen LogP contribution in [0.5, 0.6) is 0 Å². The van der Waals surface area contributed by atoms with Gasteiger partial charge in [-0.15, -0.1) is 20.4 Å². The van der Waals surface area contributed by atoms with Crippen molar-refractivity contribution < 1.29 is 9.21 Å². The van der Waals surface area contributed by atoms with Gasteiger partial charge in [0, 0.05) is 5.56 Å². The van der Waals surface area contributed by atoms with E-state index in [1.54, 1.807) is 0 Å². The molecule has 0 fully saturated rings. The lowest BCUT2D eigenvalue weighted by Crippen LogP contribution is -2.13. The molecule has 26 heavy (non-hydrogen) atoms. The zero-order valence-electron chi connectivity index (χ0n) is 13.7. The number of nitrogens with one attached hydrogen (secondary N) is 1. The molecule has 130 valence electrons. The number of carbonyl (C=O) groups is 1. The highest BCUT2D eigenvalue weighted by molar-refractivity contribution is 7.99. The van der Waals surface area contributed by atoms with Crippen molar-refractivity contribution in [3.8, 4) is 11.5 Å². The van der Waals surface area contributed by atoms with Crippen molar-refractivity contribution >= 4 is 44.9 Å². The molecule has 1 N–H and O–H groups in total. The minimum Gasteiger partial charge on any atom is -0.411 e. The van der Waals surface area contributed by atoms with Crippen LogP contribution in [0.2, 0.25) is 0 Å². The van der Waals surface area contributed by atoms with Gasteiger partial charge in [-0.1, -0.05) is 53.4 Å². The van der Waals surface area contributed by atoms with E-state index in [9.17, 15) is 4.79 Å². The van der Waals surface area contributed by atoms with Crippen molar-refractivity contribution in [2.75, 3.05) is 11.1 Å². The maximum absolute atomic E-state index is 11.9. The molecule has 9 heteroatoms. The van der Waals surface area contributed by atoms with Crippen LogP contribution in [0, 0.1) is 6.92 Å². The molecular weight excluding hydrogens is 370 g/mol. The monoisotopic (exact) mass is 383 g/mol. The number of fused-ring (bicyclic) bond motifs is 1. The smallest absolute Gasteiger partial charge is 0.277 e. The van der Waals surface area contributed by atoms with Crippen LogP contribution in [0.3, 0.4) is 0 Å². The molecule has 1 amide bonds. The minimum absolute atomic E-state index is 0.151. The Kier molecular flexibility index (Phi) is 4.63. The normalized spacial score (nSPS) is 11.0. The van der Waals surface area contributed by atoms with Crippen LogP contribution in [0.1, 0.15) is 5.01 Å². The summed E-state index contributed by atoms with van der Waals surface area (Å²) >= 11 is 2.50. The third-order valence-corrected chi connectivity index (χ3v) is 5.07. The Morgan fingerprint density at radius 1 is 1.12 bits per heavy atom. The number of thioether (sulfide) groups is 1. The number of carbonyl (C=O) groups excluding carboxylic acids is 1. The lowest BCUT2D eigenvalue weighted by molar-refractivity contribution is -0.113. The number of amides is 1. The van der Waals surface area contributed by atoms with Crippen LogP contribution in [-0.2, 0) is 4.79 Å². The standard InChI is InChI=1S/C17H13N5O2S2/c1-10-19-21-16(26-10)18-14(23)9-25-17-22-20-15(24-17)13-7-6-11-4-2-3-5-12(11)8-13/h2-8H,9H2,1H3,(H,18,21,23). The molecule has 0 saturated heterocycles. The molecule has 2 aromatic heterocycles. The number of aryl methyl sites for hydroxylation is 1. The van der Waals surface area contributed by atoms with E-state index in [1.165, 1.54) is 23.1 Å². The Morgan fingerprint density at radius 3 is 2.77 bits per heavy atom. The number of anilines is 1. The first-order valence-electron chi connectivity index (χ1n) is 7.73. The van der Waals surface area contributed by atoms with Crippen molar-refractivity contribution in [2.24, 2.45) is 0 Å². The predicted molar refractivity (Wildman–Crippen MR) is 101 cm³/mol. The second kappa shape index (κ2) is 7.22. The molecule has 0 spiro atoms. The van der Waals surface area contributed by atoms with Gasteiger partial charge in [0.05, 0.1) is 5.75 Å². The van der Waals surface area contributed by atoms with Gasteiger partial charge in [-0.3, -0.25) is 10.1 Å². The Balaban J connectivity index is 1.41. The van der Waals surface area contributed by atoms with E-state index in [0.29, 0.717) is 16.2 Å². The second-order valence-electron chi connectivity index (χ2n) is 5.40. The number of aromatic nitrogens is 4. The molecule has 0 atom stereocenters. The SMILES string of the molecule is Cc1nnc(NC(=O)CSc2nnc(-c3ccc4ccccc4c3)o2)s1. The molecule has 0 aliphatic carbocycles. The summed E-state index contributed by atoms with van der Waals surface area (Å²) in [6, 6.07) is 14.0. The van der Waals surface area contributed by atoms with Gasteiger partial charge >= 0.3 is 0 Å². The van der Waals surface area contributed by atoms with Crippen molar-refractivity contribution in [1.82, 2.24) is 20.4 Å². The molecule has 0 radical (unpaired) electrons. The molecule has 7 nitrogen and oxygen atoms in total. The lowest BCUT2D eigenvalue weighted by atomic mass is 10.1. The van der Waals surface area contributed by atoms with E-state index in [1.807, 2.05) is 49.4 Å². The zero-order valence-corrected chi connectivity index (χ0v) is 15.3. The van der Waals surface area contributed by atoms with Gasteiger partial charge in [-0.2, -0.15) is 0 Å². The molecule has 0 bridgehead atoms. The molecule has 4 aromatic rings. The second-order valence-corrected chi connectivity index (χ2v) is 7.51. The van der Waals surface area contributed by atoms with Gasteiger partial charge in [-0.25, -0.2) is 0 Å². The van der Waals surface area contributed by atoms with Gasteiger partial charge in [0.25, 0.3) is 5.22 Å². The highest BCUT2D eigenvalue weighted by Crippen LogP contribution is 2.26. The molecule has 0 unspecified atom stereocenters. The fraction of sp³-hybridized carbons (Fsp3) is 0.118. The third kappa shape index (κ3) is 3.73. The first-order chi connectivity index (χ1) is 12.7. The van der Waals surface area contributed by atoms with Crippen molar-refractivity contribution in [3.05, 3.63) is 47.5 Å². The van der Waals surface area contributed by atoms with Crippen LogP contribution in [-0.4, -0.2) is 32.1 Å². The van der Waals surface area contributed by atoms with Gasteiger partial charge in [-0.05, 0) is 29.8 Å². The highest BCUT2D eigenvalue weighted by atomic mass is 32.2. The first kappa shape index (κ1) is 16.7. The largest absolute Gasteiger partial charge is 0.411 e. The number of hydrogen-bond acceptors (Lipinski definition) is 8. The summed E-state index contributed by atoms with van der Waals surface area (Å²) in [7, 11) is 0. The Labute approximate surface area is 156 Å². The van der Waals surface area contributed by atoms with Gasteiger partial charge in [0.15, 0.2) is 0 Å². The first-order valence-corrected chi connectivity index (χ1v) is 9.53. The van der Waals surface area contributed by atoms with Gasteiger partial charge in [0.1, 0.15) is 5.01 Å². The zero-order chi connectivity index (χ0) is 17.9. The van der Waals surface area contributed by atoms with Gasteiger partial charge < -0.3 is 4.42 Å². The number of benzene rings is 2. The van der Waals surface area contributed by atoms with Crippen molar-refractivity contribution in [1.29, 1.82) is 0 Å². The quantitative estimate of drug-likeness (QED) is 0.524. The fourth-order valence-corrected chi connectivity index (χ4v) is 3.51. The van der Waals surface area contributed by atoms with E-state index in [4.69, 9.17) is 4.42 Å². The van der Waals surface area contributed by atoms with Crippen LogP contribution in [0.4, 0.5) is 5.13 Å². The number of hydrogen-bond donors (Lipinski definition) is 1. The Morgan fingerprint density at radius 2 is 1.96 bits per heavy atom. The summed E-state index contributed by atoms with van der Waals surface area (Å²) in [4.78, 5) is 11.9. The van der Waals surface area contributed by atoms with Crippen LogP contribution in [0.15, 0.2) is 52.1 Å². The molecule has 4 rings (SSSR count). The summed E-state index contributed by atoms with van der Waals surface area (Å²) in [5.41, 5.74) is 0.844. The number of rotatable bonds is 5. The maximum atomic E-state index is 11.9. The van der Waals surface area contributed by atoms with E-state index >= 15 is 0 Å². The average molecular weight is 383 g/mol. The van der Waals surface area contributed by atoms with E-state index in [2.05, 4.69) is 25.7 Å². The van der Waals surface area contributed by atoms with E-state index in [-0.39, 0.29) is 11.7 Å². The summed E-state index contributed by atoms with van der Waals surface area (Å²) in [5, 5.41) is 22.3. The van der Waals surface area contributed by atoms with E-state index < -0.39 is 0 Å². The fourth-order valence-electron chi connectivity index (χ4n) is 2.34. The maximum Gasteiger partial charge on any atom is 0.277 e. The topological polar surface area (TPSA) is 93.8 Å². The molecule has 2 aromatic carbocycles. The molecule has 0 saturated carbocycles.